The number of allylic oxidation sites excluding steroid dienone is 1. The Kier molecular flexibility index (Phi) is 3.17. The van der Waals surface area contributed by atoms with Crippen LogP contribution in [0.15, 0.2) is 33.5 Å². The highest BCUT2D eigenvalue weighted by Crippen LogP contribution is 2.34. The zero-order valence-corrected chi connectivity index (χ0v) is 12.2. The van der Waals surface area contributed by atoms with Gasteiger partial charge in [-0.2, -0.15) is 0 Å². The van der Waals surface area contributed by atoms with E-state index in [1.54, 1.807) is 0 Å². The Labute approximate surface area is 130 Å². The minimum Gasteiger partial charge on any atom is -0.456 e. The SMILES string of the molecule is Nc1cc(N)c2c(=O)c(N)c(C3(N)C=CC(=O)CC3N)oc2c1. The van der Waals surface area contributed by atoms with E-state index in [0.29, 0.717) is 5.69 Å². The molecule has 120 valence electrons. The third kappa shape index (κ3) is 2.16. The molecule has 10 N–H and O–H groups in total. The Hall–Kier alpha value is -2.84. The van der Waals surface area contributed by atoms with Crippen molar-refractivity contribution in [2.75, 3.05) is 17.2 Å². The van der Waals surface area contributed by atoms with Crippen LogP contribution in [0.25, 0.3) is 11.0 Å². The second-order valence-corrected chi connectivity index (χ2v) is 5.70. The highest BCUT2D eigenvalue weighted by Gasteiger charge is 2.41. The van der Waals surface area contributed by atoms with E-state index in [4.69, 9.17) is 33.1 Å². The minimum absolute atomic E-state index is 0.00347. The van der Waals surface area contributed by atoms with Gasteiger partial charge in [-0.15, -0.1) is 0 Å². The number of carbonyl (C=O) groups excluding carboxylic acids is 1. The molecular formula is C15H17N5O3. The Balaban J connectivity index is 2.35. The summed E-state index contributed by atoms with van der Waals surface area (Å²) in [5.41, 5.74) is 28.3. The minimum atomic E-state index is -1.37. The average Bonchev–Trinajstić information content (AvgIpc) is 2.46. The van der Waals surface area contributed by atoms with Crippen molar-refractivity contribution in [2.24, 2.45) is 11.5 Å². The predicted octanol–water partition coefficient (Wildman–Crippen LogP) is -0.450. The molecule has 2 aromatic rings. The number of hydrogen-bond acceptors (Lipinski definition) is 8. The van der Waals surface area contributed by atoms with Gasteiger partial charge in [0.25, 0.3) is 0 Å². The molecule has 0 spiro atoms. The normalized spacial score (nSPS) is 24.3. The number of carbonyl (C=O) groups is 1. The molecule has 8 nitrogen and oxygen atoms in total. The van der Waals surface area contributed by atoms with Crippen LogP contribution in [0.2, 0.25) is 0 Å². The van der Waals surface area contributed by atoms with E-state index >= 15 is 0 Å². The Morgan fingerprint density at radius 2 is 1.87 bits per heavy atom. The number of benzene rings is 1. The summed E-state index contributed by atoms with van der Waals surface area (Å²) in [6, 6.07) is 2.13. The van der Waals surface area contributed by atoms with Gasteiger partial charge in [-0.1, -0.05) is 6.08 Å². The van der Waals surface area contributed by atoms with E-state index in [0.717, 1.165) is 0 Å². The third-order valence-corrected chi connectivity index (χ3v) is 4.06. The van der Waals surface area contributed by atoms with Gasteiger partial charge in [0, 0.05) is 29.9 Å². The van der Waals surface area contributed by atoms with Crippen LogP contribution in [0, 0.1) is 0 Å². The van der Waals surface area contributed by atoms with Crippen molar-refractivity contribution < 1.29 is 9.21 Å². The van der Waals surface area contributed by atoms with Gasteiger partial charge in [-0.3, -0.25) is 9.59 Å². The van der Waals surface area contributed by atoms with Crippen LogP contribution in [0.3, 0.4) is 0 Å². The first kappa shape index (κ1) is 15.1. The number of nitrogens with two attached hydrogens (primary N) is 5. The summed E-state index contributed by atoms with van der Waals surface area (Å²) in [7, 11) is 0. The average molecular weight is 315 g/mol. The highest BCUT2D eigenvalue weighted by atomic mass is 16.3. The predicted molar refractivity (Wildman–Crippen MR) is 88.3 cm³/mol. The third-order valence-electron chi connectivity index (χ3n) is 4.06. The largest absolute Gasteiger partial charge is 0.456 e. The van der Waals surface area contributed by atoms with Crippen molar-refractivity contribution in [3.8, 4) is 0 Å². The van der Waals surface area contributed by atoms with Crippen LogP contribution >= 0.6 is 0 Å². The summed E-state index contributed by atoms with van der Waals surface area (Å²) in [6.07, 6.45) is 2.73. The summed E-state index contributed by atoms with van der Waals surface area (Å²) < 4.78 is 5.73. The smallest absolute Gasteiger partial charge is 0.218 e. The maximum absolute atomic E-state index is 12.5. The molecule has 1 heterocycles. The molecular weight excluding hydrogens is 298 g/mol. The topological polar surface area (TPSA) is 177 Å². The molecule has 2 unspecified atom stereocenters. The maximum atomic E-state index is 12.5. The molecule has 3 rings (SSSR count). The highest BCUT2D eigenvalue weighted by molar-refractivity contribution is 5.94. The summed E-state index contributed by atoms with van der Waals surface area (Å²) in [5.74, 6) is -0.162. The molecule has 2 atom stereocenters. The van der Waals surface area contributed by atoms with Gasteiger partial charge in [-0.25, -0.2) is 0 Å². The van der Waals surface area contributed by atoms with Crippen LogP contribution in [-0.2, 0) is 10.3 Å². The van der Waals surface area contributed by atoms with Gasteiger partial charge in [0.1, 0.15) is 16.8 Å². The van der Waals surface area contributed by atoms with Crippen LogP contribution in [0.1, 0.15) is 12.2 Å². The number of ketones is 1. The fraction of sp³-hybridized carbons (Fsp3) is 0.200. The lowest BCUT2D eigenvalue weighted by Gasteiger charge is -2.34. The standard InChI is InChI=1S/C15H17N5O3/c16-6-3-8(17)11-9(4-6)23-14(12(19)13(11)22)15(20)2-1-7(21)5-10(15)18/h1-4,10H,5,16-20H2. The number of hydrogen-bond donors (Lipinski definition) is 5. The fourth-order valence-electron chi connectivity index (χ4n) is 2.76. The zero-order chi connectivity index (χ0) is 16.9. The van der Waals surface area contributed by atoms with Crippen LogP contribution in [0.4, 0.5) is 17.1 Å². The number of fused-ring (bicyclic) bond motifs is 1. The Morgan fingerprint density at radius 3 is 2.52 bits per heavy atom. The molecule has 0 aliphatic heterocycles. The lowest BCUT2D eigenvalue weighted by Crippen LogP contribution is -2.54. The Morgan fingerprint density at radius 1 is 1.17 bits per heavy atom. The lowest BCUT2D eigenvalue weighted by molar-refractivity contribution is -0.115. The zero-order valence-electron chi connectivity index (χ0n) is 12.2. The van der Waals surface area contributed by atoms with Crippen molar-refractivity contribution in [3.05, 3.63) is 40.3 Å². The second kappa shape index (κ2) is 4.83. The molecule has 0 bridgehead atoms. The first-order valence-electron chi connectivity index (χ1n) is 6.92. The molecule has 1 aliphatic carbocycles. The fourth-order valence-corrected chi connectivity index (χ4v) is 2.76. The van der Waals surface area contributed by atoms with Crippen molar-refractivity contribution in [1.29, 1.82) is 0 Å². The van der Waals surface area contributed by atoms with Gasteiger partial charge in [0.15, 0.2) is 11.5 Å². The van der Waals surface area contributed by atoms with Crippen molar-refractivity contribution in [2.45, 2.75) is 18.0 Å². The first-order valence-corrected chi connectivity index (χ1v) is 6.92. The van der Waals surface area contributed by atoms with Gasteiger partial charge >= 0.3 is 0 Å². The summed E-state index contributed by atoms with van der Waals surface area (Å²) in [5, 5.41) is 0.133. The van der Waals surface area contributed by atoms with Crippen LogP contribution in [-0.4, -0.2) is 11.8 Å². The van der Waals surface area contributed by atoms with Gasteiger partial charge in [-0.05, 0) is 12.1 Å². The molecule has 0 saturated carbocycles. The molecule has 0 amide bonds. The summed E-state index contributed by atoms with van der Waals surface area (Å²) >= 11 is 0. The van der Waals surface area contributed by atoms with Crippen molar-refractivity contribution in [1.82, 2.24) is 0 Å². The second-order valence-electron chi connectivity index (χ2n) is 5.70. The van der Waals surface area contributed by atoms with E-state index in [1.807, 2.05) is 0 Å². The van der Waals surface area contributed by atoms with Gasteiger partial charge in [0.2, 0.25) is 5.43 Å². The molecule has 0 radical (unpaired) electrons. The lowest BCUT2D eigenvalue weighted by atomic mass is 9.80. The quantitative estimate of drug-likeness (QED) is 0.439. The van der Waals surface area contributed by atoms with E-state index in [2.05, 4.69) is 0 Å². The van der Waals surface area contributed by atoms with E-state index in [-0.39, 0.29) is 40.3 Å². The Bertz CT molecular complexity index is 917. The maximum Gasteiger partial charge on any atom is 0.218 e. The van der Waals surface area contributed by atoms with E-state index < -0.39 is 17.0 Å². The molecule has 0 saturated heterocycles. The van der Waals surface area contributed by atoms with E-state index in [1.165, 1.54) is 24.3 Å². The van der Waals surface area contributed by atoms with Crippen LogP contribution < -0.4 is 34.1 Å². The summed E-state index contributed by atoms with van der Waals surface area (Å²) in [4.78, 5) is 24.0. The monoisotopic (exact) mass is 315 g/mol. The molecule has 0 fully saturated rings. The summed E-state index contributed by atoms with van der Waals surface area (Å²) in [6.45, 7) is 0. The van der Waals surface area contributed by atoms with Gasteiger partial charge in [0.05, 0.1) is 5.39 Å². The molecule has 1 aliphatic rings. The number of nitrogen functional groups attached to an aromatic ring is 3. The first-order chi connectivity index (χ1) is 10.7. The van der Waals surface area contributed by atoms with Crippen LogP contribution in [0.5, 0.6) is 0 Å². The molecule has 8 heteroatoms. The van der Waals surface area contributed by atoms with E-state index in [9.17, 15) is 9.59 Å². The van der Waals surface area contributed by atoms with Gasteiger partial charge < -0.3 is 33.1 Å². The molecule has 1 aromatic carbocycles. The number of rotatable bonds is 1. The van der Waals surface area contributed by atoms with Crippen molar-refractivity contribution in [3.63, 3.8) is 0 Å². The van der Waals surface area contributed by atoms with Crippen molar-refractivity contribution >= 4 is 33.8 Å². The molecule has 23 heavy (non-hydrogen) atoms. The number of anilines is 3. The molecule has 1 aromatic heterocycles.